The van der Waals surface area contributed by atoms with Gasteiger partial charge in [0.15, 0.2) is 0 Å². The summed E-state index contributed by atoms with van der Waals surface area (Å²) in [6.07, 6.45) is 2.29. The first-order valence-corrected chi connectivity index (χ1v) is 5.38. The number of nitrogens with zero attached hydrogens (tertiary/aromatic N) is 2. The van der Waals surface area contributed by atoms with Crippen molar-refractivity contribution in [1.29, 1.82) is 0 Å². The van der Waals surface area contributed by atoms with Gasteiger partial charge in [0.1, 0.15) is 0 Å². The molecule has 16 heavy (non-hydrogen) atoms. The number of carboxylic acid groups (broad SMARTS) is 1. The van der Waals surface area contributed by atoms with Crippen molar-refractivity contribution in [2.45, 2.75) is 19.4 Å². The van der Waals surface area contributed by atoms with Crippen LogP contribution in [-0.4, -0.2) is 35.1 Å². The van der Waals surface area contributed by atoms with Crippen LogP contribution in [0.15, 0.2) is 24.4 Å². The molecule has 1 aromatic heterocycles. The second-order valence-corrected chi connectivity index (χ2v) is 4.02. The lowest BCUT2D eigenvalue weighted by atomic mass is 9.93. The van der Waals surface area contributed by atoms with Gasteiger partial charge in [-0.1, -0.05) is 13.0 Å². The molecule has 2 atom stereocenters. The molecule has 0 saturated heterocycles. The SMILES string of the molecule is CCC(C(=O)O)C(c1ccccn1)N(C)C. The van der Waals surface area contributed by atoms with Crippen LogP contribution in [-0.2, 0) is 4.79 Å². The number of aliphatic carboxylic acids is 1. The number of carboxylic acids is 1. The molecule has 1 N–H and O–H groups in total. The fraction of sp³-hybridized carbons (Fsp3) is 0.500. The fourth-order valence-electron chi connectivity index (χ4n) is 1.91. The second-order valence-electron chi connectivity index (χ2n) is 4.02. The minimum Gasteiger partial charge on any atom is -0.481 e. The zero-order chi connectivity index (χ0) is 12.1. The summed E-state index contributed by atoms with van der Waals surface area (Å²) in [5.41, 5.74) is 0.807. The molecule has 0 spiro atoms. The maximum atomic E-state index is 11.2. The van der Waals surface area contributed by atoms with Crippen molar-refractivity contribution in [3.05, 3.63) is 30.1 Å². The van der Waals surface area contributed by atoms with Gasteiger partial charge in [0.05, 0.1) is 17.7 Å². The molecule has 4 heteroatoms. The van der Waals surface area contributed by atoms with Crippen LogP contribution in [0.25, 0.3) is 0 Å². The molecule has 0 aliphatic heterocycles. The minimum absolute atomic E-state index is 0.177. The Labute approximate surface area is 95.9 Å². The van der Waals surface area contributed by atoms with Crippen molar-refractivity contribution in [2.75, 3.05) is 14.1 Å². The predicted octanol–water partition coefficient (Wildman–Crippen LogP) is 1.80. The average Bonchev–Trinajstić information content (AvgIpc) is 2.25. The van der Waals surface area contributed by atoms with Gasteiger partial charge < -0.3 is 10.0 Å². The van der Waals surface area contributed by atoms with Gasteiger partial charge in [0, 0.05) is 6.20 Å². The van der Waals surface area contributed by atoms with E-state index in [0.29, 0.717) is 6.42 Å². The highest BCUT2D eigenvalue weighted by molar-refractivity contribution is 5.71. The van der Waals surface area contributed by atoms with Crippen molar-refractivity contribution >= 4 is 5.97 Å². The first-order chi connectivity index (χ1) is 7.57. The van der Waals surface area contributed by atoms with Crippen LogP contribution in [0.5, 0.6) is 0 Å². The van der Waals surface area contributed by atoms with Gasteiger partial charge >= 0.3 is 5.97 Å². The summed E-state index contributed by atoms with van der Waals surface area (Å²) in [5, 5.41) is 9.20. The molecule has 1 heterocycles. The smallest absolute Gasteiger partial charge is 0.308 e. The van der Waals surface area contributed by atoms with Crippen molar-refractivity contribution in [3.8, 4) is 0 Å². The fourth-order valence-corrected chi connectivity index (χ4v) is 1.91. The monoisotopic (exact) mass is 222 g/mol. The maximum Gasteiger partial charge on any atom is 0.308 e. The second kappa shape index (κ2) is 5.61. The molecule has 0 saturated carbocycles. The molecule has 4 nitrogen and oxygen atoms in total. The van der Waals surface area contributed by atoms with Gasteiger partial charge in [-0.05, 0) is 32.6 Å². The standard InChI is InChI=1S/C12H18N2O2/c1-4-9(12(15)16)11(14(2)3)10-7-5-6-8-13-10/h5-9,11H,4H2,1-3H3,(H,15,16). The molecule has 88 valence electrons. The lowest BCUT2D eigenvalue weighted by molar-refractivity contribution is -0.144. The number of pyridine rings is 1. The van der Waals surface area contributed by atoms with E-state index in [1.165, 1.54) is 0 Å². The third kappa shape index (κ3) is 2.79. The average molecular weight is 222 g/mol. The van der Waals surface area contributed by atoms with Gasteiger partial charge in [0.2, 0.25) is 0 Å². The molecule has 0 radical (unpaired) electrons. The predicted molar refractivity (Wildman–Crippen MR) is 62.1 cm³/mol. The summed E-state index contributed by atoms with van der Waals surface area (Å²) in [5.74, 6) is -1.20. The first-order valence-electron chi connectivity index (χ1n) is 5.38. The minimum atomic E-state index is -0.771. The van der Waals surface area contributed by atoms with Gasteiger partial charge in [-0.3, -0.25) is 9.78 Å². The molecule has 0 aliphatic carbocycles. The Balaban J connectivity index is 3.04. The van der Waals surface area contributed by atoms with E-state index >= 15 is 0 Å². The molecule has 1 aromatic rings. The Morgan fingerprint density at radius 3 is 2.56 bits per heavy atom. The zero-order valence-electron chi connectivity index (χ0n) is 9.92. The molecule has 0 fully saturated rings. The summed E-state index contributed by atoms with van der Waals surface area (Å²) in [6.45, 7) is 1.89. The van der Waals surface area contributed by atoms with Crippen LogP contribution in [0.4, 0.5) is 0 Å². The number of hydrogen-bond donors (Lipinski definition) is 1. The van der Waals surface area contributed by atoms with E-state index in [9.17, 15) is 9.90 Å². The topological polar surface area (TPSA) is 53.4 Å². The summed E-state index contributed by atoms with van der Waals surface area (Å²) in [7, 11) is 3.76. The van der Waals surface area contributed by atoms with Crippen molar-refractivity contribution < 1.29 is 9.90 Å². The van der Waals surface area contributed by atoms with E-state index in [1.807, 2.05) is 44.1 Å². The number of carbonyl (C=O) groups is 1. The number of aromatic nitrogens is 1. The molecular weight excluding hydrogens is 204 g/mol. The van der Waals surface area contributed by atoms with E-state index in [4.69, 9.17) is 0 Å². The molecule has 0 aromatic carbocycles. The molecule has 0 amide bonds. The van der Waals surface area contributed by atoms with Gasteiger partial charge in [-0.15, -0.1) is 0 Å². The number of rotatable bonds is 5. The molecule has 1 rings (SSSR count). The summed E-state index contributed by atoms with van der Waals surface area (Å²) >= 11 is 0. The Kier molecular flexibility index (Phi) is 4.43. The molecule has 0 bridgehead atoms. The third-order valence-electron chi connectivity index (χ3n) is 2.69. The van der Waals surface area contributed by atoms with Crippen molar-refractivity contribution in [3.63, 3.8) is 0 Å². The molecule has 2 unspecified atom stereocenters. The van der Waals surface area contributed by atoms with Crippen molar-refractivity contribution in [2.24, 2.45) is 5.92 Å². The molecule has 0 aliphatic rings. The Morgan fingerprint density at radius 1 is 1.50 bits per heavy atom. The van der Waals surface area contributed by atoms with Gasteiger partial charge in [-0.25, -0.2) is 0 Å². The van der Waals surface area contributed by atoms with Crippen LogP contribution in [0.3, 0.4) is 0 Å². The Hall–Kier alpha value is -1.42. The van der Waals surface area contributed by atoms with Crippen LogP contribution in [0.2, 0.25) is 0 Å². The highest BCUT2D eigenvalue weighted by atomic mass is 16.4. The highest BCUT2D eigenvalue weighted by Gasteiger charge is 2.30. The largest absolute Gasteiger partial charge is 0.481 e. The van der Waals surface area contributed by atoms with E-state index in [0.717, 1.165) is 5.69 Å². The van der Waals surface area contributed by atoms with Crippen molar-refractivity contribution in [1.82, 2.24) is 9.88 Å². The maximum absolute atomic E-state index is 11.2. The molecular formula is C12H18N2O2. The summed E-state index contributed by atoms with van der Waals surface area (Å²) < 4.78 is 0. The van der Waals surface area contributed by atoms with E-state index in [1.54, 1.807) is 6.20 Å². The van der Waals surface area contributed by atoms with Crippen LogP contribution >= 0.6 is 0 Å². The van der Waals surface area contributed by atoms with E-state index in [2.05, 4.69) is 4.98 Å². The van der Waals surface area contributed by atoms with Crippen LogP contribution in [0, 0.1) is 5.92 Å². The summed E-state index contributed by atoms with van der Waals surface area (Å²) in [4.78, 5) is 17.3. The first kappa shape index (κ1) is 12.6. The number of hydrogen-bond acceptors (Lipinski definition) is 3. The normalized spacial score (nSPS) is 14.8. The van der Waals surface area contributed by atoms with E-state index < -0.39 is 11.9 Å². The quantitative estimate of drug-likeness (QED) is 0.825. The van der Waals surface area contributed by atoms with Crippen LogP contribution in [0.1, 0.15) is 25.1 Å². The zero-order valence-corrected chi connectivity index (χ0v) is 9.92. The Bertz CT molecular complexity index is 338. The van der Waals surface area contributed by atoms with Crippen LogP contribution < -0.4 is 0 Å². The lowest BCUT2D eigenvalue weighted by Gasteiger charge is -2.28. The van der Waals surface area contributed by atoms with Gasteiger partial charge in [-0.2, -0.15) is 0 Å². The highest BCUT2D eigenvalue weighted by Crippen LogP contribution is 2.27. The summed E-state index contributed by atoms with van der Waals surface area (Å²) in [6, 6.07) is 5.41. The third-order valence-corrected chi connectivity index (χ3v) is 2.69. The van der Waals surface area contributed by atoms with E-state index in [-0.39, 0.29) is 6.04 Å². The van der Waals surface area contributed by atoms with Gasteiger partial charge in [0.25, 0.3) is 0 Å². The Morgan fingerprint density at radius 2 is 2.19 bits per heavy atom. The lowest BCUT2D eigenvalue weighted by Crippen LogP contribution is -2.32.